The molecule has 0 aromatic carbocycles. The molecule has 4 amide bonds. The molecule has 0 bridgehead atoms. The van der Waals surface area contributed by atoms with E-state index < -0.39 is 97.8 Å². The van der Waals surface area contributed by atoms with Crippen molar-refractivity contribution in [2.24, 2.45) is 5.73 Å². The van der Waals surface area contributed by atoms with Gasteiger partial charge in [-0.1, -0.05) is 0 Å². The molecular weight excluding hydrogens is 590 g/mol. The molecule has 18 heteroatoms. The van der Waals surface area contributed by atoms with E-state index in [-0.39, 0.29) is 51.5 Å². The fourth-order valence-corrected chi connectivity index (χ4v) is 3.72. The Morgan fingerprint density at radius 1 is 0.705 bits per heavy atom. The Morgan fingerprint density at radius 2 is 1.27 bits per heavy atom. The third-order valence-corrected chi connectivity index (χ3v) is 6.22. The lowest BCUT2D eigenvalue weighted by Gasteiger charge is -2.24. The van der Waals surface area contributed by atoms with Crippen LogP contribution in [-0.4, -0.2) is 123 Å². The number of rotatable bonds is 25. The van der Waals surface area contributed by atoms with Crippen LogP contribution in [0.3, 0.4) is 0 Å². The van der Waals surface area contributed by atoms with Crippen LogP contribution in [0, 0.1) is 0 Å². The van der Waals surface area contributed by atoms with E-state index in [0.29, 0.717) is 12.6 Å². The number of amides is 4. The first kappa shape index (κ1) is 40.0. The number of aliphatic carboxylic acids is 2. The molecule has 18 nitrogen and oxygen atoms in total. The molecule has 0 rings (SSSR count). The molecule has 0 heterocycles. The van der Waals surface area contributed by atoms with Gasteiger partial charge >= 0.3 is 11.9 Å². The Kier molecular flexibility index (Phi) is 20.5. The van der Waals surface area contributed by atoms with Gasteiger partial charge in [0, 0.05) is 38.6 Å². The molecule has 6 atom stereocenters. The van der Waals surface area contributed by atoms with Crippen LogP contribution in [0.5, 0.6) is 0 Å². The summed E-state index contributed by atoms with van der Waals surface area (Å²) >= 11 is 0. The van der Waals surface area contributed by atoms with Gasteiger partial charge in [0.2, 0.25) is 23.6 Å². The molecule has 11 N–H and O–H groups in total. The summed E-state index contributed by atoms with van der Waals surface area (Å²) in [5.74, 6) is -5.82. The molecule has 0 aromatic rings. The van der Waals surface area contributed by atoms with E-state index in [4.69, 9.17) is 21.1 Å². The maximum absolute atomic E-state index is 13.0. The van der Waals surface area contributed by atoms with E-state index >= 15 is 0 Å². The number of aliphatic hydroxyl groups is 3. The zero-order chi connectivity index (χ0) is 33.7. The highest BCUT2D eigenvalue weighted by molar-refractivity contribution is 5.94. The summed E-state index contributed by atoms with van der Waals surface area (Å²) in [6.45, 7) is -0.473. The first-order valence-corrected chi connectivity index (χ1v) is 14.0. The number of nitrogens with one attached hydrogen (secondary N) is 4. The molecular formula is C26H43N5O13. The van der Waals surface area contributed by atoms with Gasteiger partial charge in [0.15, 0.2) is 0 Å². The third-order valence-electron chi connectivity index (χ3n) is 6.22. The van der Waals surface area contributed by atoms with Crippen LogP contribution < -0.4 is 27.0 Å². The van der Waals surface area contributed by atoms with Crippen molar-refractivity contribution in [2.45, 2.75) is 101 Å². The van der Waals surface area contributed by atoms with Gasteiger partial charge in [0.05, 0.1) is 30.9 Å². The standard InChI is InChI=1S/C26H43N5O13/c27-18(4-6-21(37)28-10-9-16(35)12-17(36)14-34)24(42)30-20(5-8-23(40)41)26(44)31-19(2-1-11-32)25(43)29-15(13-33)3-7-22(38)39/h11,13,15-20,34-36H,1-10,12,14,27H2,(H,28,37)(H,29,43)(H,30,42)(H,31,44)(H,38,39)(H,40,41)/t15-,16-,17?,18+,19+,20-/m1/s1. The second-order valence-corrected chi connectivity index (χ2v) is 9.99. The van der Waals surface area contributed by atoms with E-state index in [2.05, 4.69) is 21.3 Å². The number of hydrogen-bond acceptors (Lipinski definition) is 12. The number of carboxylic acid groups (broad SMARTS) is 2. The summed E-state index contributed by atoms with van der Waals surface area (Å²) < 4.78 is 0. The van der Waals surface area contributed by atoms with Crippen molar-refractivity contribution in [1.29, 1.82) is 0 Å². The summed E-state index contributed by atoms with van der Waals surface area (Å²) in [7, 11) is 0. The molecule has 0 aliphatic rings. The average molecular weight is 634 g/mol. The van der Waals surface area contributed by atoms with Crippen LogP contribution in [0.25, 0.3) is 0 Å². The van der Waals surface area contributed by atoms with Crippen molar-refractivity contribution in [2.75, 3.05) is 13.2 Å². The molecule has 0 aromatic heterocycles. The Morgan fingerprint density at radius 3 is 1.84 bits per heavy atom. The number of nitrogens with two attached hydrogens (primary N) is 1. The molecule has 44 heavy (non-hydrogen) atoms. The summed E-state index contributed by atoms with van der Waals surface area (Å²) in [6, 6.07) is -5.39. The molecule has 0 saturated heterocycles. The molecule has 250 valence electrons. The Balaban J connectivity index is 5.21. The van der Waals surface area contributed by atoms with Gasteiger partial charge < -0.3 is 62.1 Å². The smallest absolute Gasteiger partial charge is 0.303 e. The predicted molar refractivity (Wildman–Crippen MR) is 149 cm³/mol. The fraction of sp³-hybridized carbons (Fsp3) is 0.692. The molecule has 0 radical (unpaired) electrons. The monoisotopic (exact) mass is 633 g/mol. The number of carboxylic acids is 2. The number of carbonyl (C=O) groups is 8. The summed E-state index contributed by atoms with van der Waals surface area (Å²) in [5, 5.41) is 55.1. The van der Waals surface area contributed by atoms with E-state index in [1.54, 1.807) is 0 Å². The maximum atomic E-state index is 13.0. The largest absolute Gasteiger partial charge is 0.481 e. The van der Waals surface area contributed by atoms with Gasteiger partial charge in [-0.2, -0.15) is 0 Å². The van der Waals surface area contributed by atoms with Crippen LogP contribution >= 0.6 is 0 Å². The van der Waals surface area contributed by atoms with E-state index in [0.717, 1.165) is 0 Å². The highest BCUT2D eigenvalue weighted by Gasteiger charge is 2.29. The average Bonchev–Trinajstić information content (AvgIpc) is 2.97. The summed E-state index contributed by atoms with van der Waals surface area (Å²) in [4.78, 5) is 94.5. The second-order valence-electron chi connectivity index (χ2n) is 9.99. The van der Waals surface area contributed by atoms with Gasteiger partial charge in [0.1, 0.15) is 24.7 Å². The highest BCUT2D eigenvalue weighted by atomic mass is 16.4. The van der Waals surface area contributed by atoms with Crippen LogP contribution in [-0.2, 0) is 38.4 Å². The van der Waals surface area contributed by atoms with Crippen molar-refractivity contribution in [1.82, 2.24) is 21.3 Å². The Bertz CT molecular complexity index is 980. The molecule has 0 aliphatic heterocycles. The zero-order valence-electron chi connectivity index (χ0n) is 24.2. The quantitative estimate of drug-likeness (QED) is 0.0429. The van der Waals surface area contributed by atoms with Gasteiger partial charge in [-0.3, -0.25) is 28.8 Å². The number of carbonyl (C=O) groups excluding carboxylic acids is 6. The van der Waals surface area contributed by atoms with Gasteiger partial charge in [-0.15, -0.1) is 0 Å². The number of aliphatic hydroxyl groups excluding tert-OH is 3. The van der Waals surface area contributed by atoms with Crippen LogP contribution in [0.15, 0.2) is 0 Å². The fourth-order valence-electron chi connectivity index (χ4n) is 3.72. The SMILES string of the molecule is N[C@@H](CCC(=O)NCC[C@@H](O)CC(O)CO)C(=O)N[C@H](CCC(=O)O)C(=O)N[C@@H](CCC=O)C(=O)N[C@@H](C=O)CCC(=O)O. The van der Waals surface area contributed by atoms with Gasteiger partial charge in [-0.05, 0) is 32.1 Å². The predicted octanol–water partition coefficient (Wildman–Crippen LogP) is -3.93. The molecule has 0 saturated carbocycles. The first-order valence-electron chi connectivity index (χ1n) is 14.0. The lowest BCUT2D eigenvalue weighted by Crippen LogP contribution is -2.56. The Hall–Kier alpha value is -4.00. The van der Waals surface area contributed by atoms with E-state index in [9.17, 15) is 48.6 Å². The first-order chi connectivity index (χ1) is 20.7. The number of hydrogen-bond donors (Lipinski definition) is 10. The minimum atomic E-state index is -1.49. The minimum absolute atomic E-state index is 0.0447. The van der Waals surface area contributed by atoms with E-state index in [1.807, 2.05) is 0 Å². The Labute approximate surface area is 253 Å². The van der Waals surface area contributed by atoms with Gasteiger partial charge in [0.25, 0.3) is 0 Å². The highest BCUT2D eigenvalue weighted by Crippen LogP contribution is 2.06. The topological polar surface area (TPSA) is 312 Å². The lowest BCUT2D eigenvalue weighted by molar-refractivity contribution is -0.138. The zero-order valence-corrected chi connectivity index (χ0v) is 24.2. The second kappa shape index (κ2) is 22.5. The maximum Gasteiger partial charge on any atom is 0.303 e. The summed E-state index contributed by atoms with van der Waals surface area (Å²) in [6.07, 6.45) is -3.72. The van der Waals surface area contributed by atoms with Crippen LogP contribution in [0.1, 0.15) is 64.2 Å². The van der Waals surface area contributed by atoms with Crippen molar-refractivity contribution >= 4 is 48.1 Å². The third kappa shape index (κ3) is 18.5. The lowest BCUT2D eigenvalue weighted by atomic mass is 10.1. The molecule has 0 aliphatic carbocycles. The van der Waals surface area contributed by atoms with E-state index in [1.165, 1.54) is 0 Å². The van der Waals surface area contributed by atoms with Crippen molar-refractivity contribution < 1.29 is 63.9 Å². The normalized spacial score (nSPS) is 14.9. The minimum Gasteiger partial charge on any atom is -0.481 e. The van der Waals surface area contributed by atoms with Crippen LogP contribution in [0.2, 0.25) is 0 Å². The number of aldehydes is 2. The van der Waals surface area contributed by atoms with Crippen molar-refractivity contribution in [3.8, 4) is 0 Å². The van der Waals surface area contributed by atoms with Gasteiger partial charge in [-0.25, -0.2) is 0 Å². The van der Waals surface area contributed by atoms with Crippen molar-refractivity contribution in [3.05, 3.63) is 0 Å². The van der Waals surface area contributed by atoms with Crippen molar-refractivity contribution in [3.63, 3.8) is 0 Å². The van der Waals surface area contributed by atoms with Crippen LogP contribution in [0.4, 0.5) is 0 Å². The molecule has 0 fully saturated rings. The molecule has 1 unspecified atom stereocenters. The molecule has 0 spiro atoms. The summed E-state index contributed by atoms with van der Waals surface area (Å²) in [5.41, 5.74) is 5.84.